The van der Waals surface area contributed by atoms with Crippen LogP contribution in [0.2, 0.25) is 0 Å². The molecule has 0 fully saturated rings. The summed E-state index contributed by atoms with van der Waals surface area (Å²) < 4.78 is 0. The van der Waals surface area contributed by atoms with Crippen molar-refractivity contribution in [3.63, 3.8) is 0 Å². The molecule has 0 aromatic carbocycles. The molecular weight excluding hydrogens is 174 g/mol. The predicted molar refractivity (Wildman–Crippen MR) is 58.1 cm³/mol. The van der Waals surface area contributed by atoms with Crippen molar-refractivity contribution in [2.45, 2.75) is 37.8 Å². The summed E-state index contributed by atoms with van der Waals surface area (Å²) in [6.45, 7) is 1.08. The maximum atomic E-state index is 9.07. The Bertz CT molecular complexity index is 212. The summed E-state index contributed by atoms with van der Waals surface area (Å²) in [6.07, 6.45) is 14.0. The summed E-state index contributed by atoms with van der Waals surface area (Å²) in [5.74, 6) is 0. The summed E-state index contributed by atoms with van der Waals surface area (Å²) in [5.41, 5.74) is 0. The van der Waals surface area contributed by atoms with Gasteiger partial charge in [0.15, 0.2) is 0 Å². The molecule has 2 unspecified atom stereocenters. The summed E-state index contributed by atoms with van der Waals surface area (Å²) >= 11 is 0. The molecule has 0 amide bonds. The lowest BCUT2D eigenvalue weighted by molar-refractivity contribution is 0.141. The Balaban J connectivity index is 1.98. The van der Waals surface area contributed by atoms with E-state index in [4.69, 9.17) is 5.11 Å². The van der Waals surface area contributed by atoms with E-state index in [-0.39, 0.29) is 6.61 Å². The van der Waals surface area contributed by atoms with Gasteiger partial charge in [0, 0.05) is 18.6 Å². The topological polar surface area (TPSA) is 23.5 Å². The molecule has 2 nitrogen and oxygen atoms in total. The van der Waals surface area contributed by atoms with Crippen LogP contribution in [0.4, 0.5) is 0 Å². The van der Waals surface area contributed by atoms with Crippen molar-refractivity contribution in [2.75, 3.05) is 13.2 Å². The van der Waals surface area contributed by atoms with Crippen molar-refractivity contribution in [3.8, 4) is 0 Å². The SMILES string of the molecule is OCCN(C1C=CCC1)C1C=CCC1. The highest BCUT2D eigenvalue weighted by molar-refractivity contribution is 5.08. The molecule has 0 saturated heterocycles. The summed E-state index contributed by atoms with van der Waals surface area (Å²) in [4.78, 5) is 2.44. The zero-order chi connectivity index (χ0) is 9.80. The molecular formula is C12H19NO. The smallest absolute Gasteiger partial charge is 0.0558 e. The second kappa shape index (κ2) is 4.76. The van der Waals surface area contributed by atoms with Crippen LogP contribution in [0.3, 0.4) is 0 Å². The second-order valence-electron chi connectivity index (χ2n) is 4.11. The molecule has 2 aliphatic rings. The molecule has 2 aliphatic carbocycles. The van der Waals surface area contributed by atoms with Crippen LogP contribution in [-0.4, -0.2) is 35.2 Å². The van der Waals surface area contributed by atoms with E-state index in [0.717, 1.165) is 6.54 Å². The summed E-state index contributed by atoms with van der Waals surface area (Å²) in [7, 11) is 0. The van der Waals surface area contributed by atoms with Gasteiger partial charge in [0.1, 0.15) is 0 Å². The first kappa shape index (κ1) is 9.94. The minimum atomic E-state index is 0.273. The minimum Gasteiger partial charge on any atom is -0.395 e. The first-order valence-electron chi connectivity index (χ1n) is 5.62. The number of aliphatic hydroxyl groups excluding tert-OH is 1. The van der Waals surface area contributed by atoms with Gasteiger partial charge in [0.2, 0.25) is 0 Å². The van der Waals surface area contributed by atoms with Gasteiger partial charge in [-0.1, -0.05) is 24.3 Å². The van der Waals surface area contributed by atoms with Crippen LogP contribution in [-0.2, 0) is 0 Å². The van der Waals surface area contributed by atoms with Crippen molar-refractivity contribution in [1.29, 1.82) is 0 Å². The Morgan fingerprint density at radius 1 is 1.07 bits per heavy atom. The van der Waals surface area contributed by atoms with E-state index < -0.39 is 0 Å². The average Bonchev–Trinajstić information content (AvgIpc) is 2.87. The van der Waals surface area contributed by atoms with Crippen molar-refractivity contribution in [3.05, 3.63) is 24.3 Å². The molecule has 0 aliphatic heterocycles. The normalized spacial score (nSPS) is 30.7. The van der Waals surface area contributed by atoms with E-state index in [0.29, 0.717) is 12.1 Å². The minimum absolute atomic E-state index is 0.273. The molecule has 0 aromatic rings. The van der Waals surface area contributed by atoms with E-state index in [9.17, 15) is 0 Å². The largest absolute Gasteiger partial charge is 0.395 e. The maximum Gasteiger partial charge on any atom is 0.0558 e. The lowest BCUT2D eigenvalue weighted by Gasteiger charge is -2.32. The van der Waals surface area contributed by atoms with Crippen molar-refractivity contribution >= 4 is 0 Å². The number of hydrogen-bond acceptors (Lipinski definition) is 2. The summed E-state index contributed by atoms with van der Waals surface area (Å²) in [5, 5.41) is 9.07. The van der Waals surface area contributed by atoms with Gasteiger partial charge in [-0.05, 0) is 25.7 Å². The van der Waals surface area contributed by atoms with Crippen LogP contribution < -0.4 is 0 Å². The Morgan fingerprint density at radius 3 is 2.00 bits per heavy atom. The Morgan fingerprint density at radius 2 is 1.64 bits per heavy atom. The Labute approximate surface area is 85.9 Å². The lowest BCUT2D eigenvalue weighted by Crippen LogP contribution is -2.41. The number of rotatable bonds is 4. The van der Waals surface area contributed by atoms with Crippen LogP contribution in [0.25, 0.3) is 0 Å². The van der Waals surface area contributed by atoms with Gasteiger partial charge in [-0.2, -0.15) is 0 Å². The monoisotopic (exact) mass is 193 g/mol. The van der Waals surface area contributed by atoms with Crippen LogP contribution >= 0.6 is 0 Å². The molecule has 0 bridgehead atoms. The molecule has 78 valence electrons. The third-order valence-electron chi connectivity index (χ3n) is 3.18. The van der Waals surface area contributed by atoms with Gasteiger partial charge in [-0.3, -0.25) is 4.90 Å². The van der Waals surface area contributed by atoms with Crippen LogP contribution in [0.1, 0.15) is 25.7 Å². The molecule has 2 heteroatoms. The van der Waals surface area contributed by atoms with Crippen LogP contribution in [0.15, 0.2) is 24.3 Å². The molecule has 1 N–H and O–H groups in total. The van der Waals surface area contributed by atoms with Gasteiger partial charge >= 0.3 is 0 Å². The zero-order valence-corrected chi connectivity index (χ0v) is 8.60. The first-order chi connectivity index (χ1) is 6.92. The Hall–Kier alpha value is -0.600. The maximum absolute atomic E-state index is 9.07. The fraction of sp³-hybridized carbons (Fsp3) is 0.667. The highest BCUT2D eigenvalue weighted by Crippen LogP contribution is 2.24. The number of hydrogen-bond donors (Lipinski definition) is 1. The molecule has 0 heterocycles. The first-order valence-corrected chi connectivity index (χ1v) is 5.62. The van der Waals surface area contributed by atoms with Gasteiger partial charge in [0.05, 0.1) is 6.61 Å². The summed E-state index contributed by atoms with van der Waals surface area (Å²) in [6, 6.07) is 1.13. The number of allylic oxidation sites excluding steroid dienone is 2. The van der Waals surface area contributed by atoms with Crippen molar-refractivity contribution in [1.82, 2.24) is 4.90 Å². The number of nitrogens with zero attached hydrogens (tertiary/aromatic N) is 1. The third-order valence-corrected chi connectivity index (χ3v) is 3.18. The molecule has 0 aromatic heterocycles. The molecule has 2 rings (SSSR count). The van der Waals surface area contributed by atoms with Crippen molar-refractivity contribution in [2.24, 2.45) is 0 Å². The van der Waals surface area contributed by atoms with E-state index in [1.54, 1.807) is 0 Å². The molecule has 14 heavy (non-hydrogen) atoms. The van der Waals surface area contributed by atoms with Gasteiger partial charge < -0.3 is 5.11 Å². The van der Waals surface area contributed by atoms with E-state index in [1.807, 2.05) is 0 Å². The van der Waals surface area contributed by atoms with Gasteiger partial charge in [-0.15, -0.1) is 0 Å². The van der Waals surface area contributed by atoms with Crippen LogP contribution in [0, 0.1) is 0 Å². The predicted octanol–water partition coefficient (Wildman–Crippen LogP) is 1.72. The fourth-order valence-corrected chi connectivity index (χ4v) is 2.48. The highest BCUT2D eigenvalue weighted by Gasteiger charge is 2.25. The van der Waals surface area contributed by atoms with Crippen molar-refractivity contribution < 1.29 is 5.11 Å². The molecule has 0 radical (unpaired) electrons. The van der Waals surface area contributed by atoms with E-state index in [1.165, 1.54) is 25.7 Å². The van der Waals surface area contributed by atoms with E-state index in [2.05, 4.69) is 29.2 Å². The number of aliphatic hydroxyl groups is 1. The van der Waals surface area contributed by atoms with Gasteiger partial charge in [-0.25, -0.2) is 0 Å². The lowest BCUT2D eigenvalue weighted by atomic mass is 10.1. The zero-order valence-electron chi connectivity index (χ0n) is 8.60. The molecule has 2 atom stereocenters. The quantitative estimate of drug-likeness (QED) is 0.687. The average molecular weight is 193 g/mol. The standard InChI is InChI=1S/C12H19NO/c14-10-9-13(11-5-1-2-6-11)12-7-3-4-8-12/h1,3,5,7,11-12,14H,2,4,6,8-10H2. The highest BCUT2D eigenvalue weighted by atomic mass is 16.3. The third kappa shape index (κ3) is 2.07. The molecule has 0 saturated carbocycles. The Kier molecular flexibility index (Phi) is 3.38. The molecule has 0 spiro atoms. The second-order valence-corrected chi connectivity index (χ2v) is 4.11. The van der Waals surface area contributed by atoms with Crippen LogP contribution in [0.5, 0.6) is 0 Å². The van der Waals surface area contributed by atoms with E-state index >= 15 is 0 Å². The van der Waals surface area contributed by atoms with Gasteiger partial charge in [0.25, 0.3) is 0 Å². The fourth-order valence-electron chi connectivity index (χ4n) is 2.48.